The fourth-order valence-electron chi connectivity index (χ4n) is 1.63. The molecule has 3 rings (SSSR count). The van der Waals surface area contributed by atoms with Crippen molar-refractivity contribution in [1.29, 1.82) is 0 Å². The van der Waals surface area contributed by atoms with Crippen molar-refractivity contribution < 1.29 is 8.42 Å². The van der Waals surface area contributed by atoms with E-state index in [1.165, 1.54) is 17.7 Å². The third-order valence-electron chi connectivity index (χ3n) is 2.40. The summed E-state index contributed by atoms with van der Waals surface area (Å²) in [6.07, 6.45) is 1.91. The van der Waals surface area contributed by atoms with Crippen LogP contribution < -0.4 is 0 Å². The minimum absolute atomic E-state index is 0.105. The molecule has 8 heteroatoms. The molecule has 0 atom stereocenters. The Morgan fingerprint density at radius 3 is 3.06 bits per heavy atom. The lowest BCUT2D eigenvalue weighted by Gasteiger charge is -2.09. The van der Waals surface area contributed by atoms with Crippen LogP contribution in [-0.4, -0.2) is 34.3 Å². The molecule has 0 saturated carbocycles. The van der Waals surface area contributed by atoms with E-state index in [1.54, 1.807) is 0 Å². The number of hydrogen-bond donors (Lipinski definition) is 1. The lowest BCUT2D eigenvalue weighted by Crippen LogP contribution is -2.17. The van der Waals surface area contributed by atoms with E-state index < -0.39 is 9.84 Å². The van der Waals surface area contributed by atoms with Gasteiger partial charge in [-0.3, -0.25) is 5.10 Å². The van der Waals surface area contributed by atoms with Gasteiger partial charge in [-0.15, -0.1) is 11.3 Å². The highest BCUT2D eigenvalue weighted by Crippen LogP contribution is 2.30. The molecule has 16 heavy (non-hydrogen) atoms. The molecular weight excluding hydrogens is 248 g/mol. The van der Waals surface area contributed by atoms with Gasteiger partial charge in [0.1, 0.15) is 6.33 Å². The number of H-pyrrole nitrogens is 1. The number of nitrogens with zero attached hydrogens (tertiary/aromatic N) is 3. The summed E-state index contributed by atoms with van der Waals surface area (Å²) in [5.74, 6) is 0.894. The van der Waals surface area contributed by atoms with Crippen LogP contribution in [0.5, 0.6) is 0 Å². The molecule has 0 fully saturated rings. The fraction of sp³-hybridized carbons (Fsp3) is 0.375. The summed E-state index contributed by atoms with van der Waals surface area (Å²) in [6, 6.07) is 0. The van der Waals surface area contributed by atoms with Crippen LogP contribution in [0.3, 0.4) is 0 Å². The molecule has 1 aliphatic heterocycles. The monoisotopic (exact) mass is 256 g/mol. The van der Waals surface area contributed by atoms with Crippen LogP contribution in [0.1, 0.15) is 10.6 Å². The second-order valence-corrected chi connectivity index (χ2v) is 6.83. The highest BCUT2D eigenvalue weighted by Gasteiger charge is 2.25. The maximum absolute atomic E-state index is 11.5. The zero-order valence-corrected chi connectivity index (χ0v) is 9.81. The standard InChI is InChI=1S/C8H8N4O2S2/c13-16(14)2-1-5-6(3-16)15-8(11-5)7-9-4-10-12-7/h4H,1-3H2,(H,9,10,12). The van der Waals surface area contributed by atoms with Crippen LogP contribution in [0, 0.1) is 0 Å². The number of thiazole rings is 1. The summed E-state index contributed by atoms with van der Waals surface area (Å²) in [6.45, 7) is 0. The number of sulfone groups is 1. The van der Waals surface area contributed by atoms with E-state index in [-0.39, 0.29) is 11.5 Å². The molecule has 0 bridgehead atoms. The third kappa shape index (κ3) is 1.63. The normalized spacial score (nSPS) is 18.2. The van der Waals surface area contributed by atoms with Crippen LogP contribution in [0.2, 0.25) is 0 Å². The van der Waals surface area contributed by atoms with E-state index in [2.05, 4.69) is 20.2 Å². The molecule has 2 aromatic heterocycles. The molecule has 6 nitrogen and oxygen atoms in total. The SMILES string of the molecule is O=S1(=O)CCc2nc(-c3ncn[nH]3)sc2C1. The minimum atomic E-state index is -2.93. The zero-order valence-electron chi connectivity index (χ0n) is 8.17. The molecule has 2 aromatic rings. The van der Waals surface area contributed by atoms with Gasteiger partial charge in [-0.05, 0) is 0 Å². The summed E-state index contributed by atoms with van der Waals surface area (Å²) in [5.41, 5.74) is 0.881. The van der Waals surface area contributed by atoms with Crippen molar-refractivity contribution in [1.82, 2.24) is 20.2 Å². The molecule has 0 amide bonds. The number of fused-ring (bicyclic) bond motifs is 1. The smallest absolute Gasteiger partial charge is 0.184 e. The first kappa shape index (κ1) is 9.91. The second kappa shape index (κ2) is 3.36. The maximum Gasteiger partial charge on any atom is 0.184 e. The van der Waals surface area contributed by atoms with Crippen LogP contribution in [-0.2, 0) is 22.0 Å². The number of aromatic amines is 1. The highest BCUT2D eigenvalue weighted by atomic mass is 32.2. The molecule has 0 radical (unpaired) electrons. The van der Waals surface area contributed by atoms with E-state index in [1.807, 2.05) is 0 Å². The quantitative estimate of drug-likeness (QED) is 0.797. The van der Waals surface area contributed by atoms with E-state index in [0.29, 0.717) is 17.3 Å². The van der Waals surface area contributed by atoms with Crippen molar-refractivity contribution >= 4 is 21.2 Å². The first-order chi connectivity index (χ1) is 7.64. The van der Waals surface area contributed by atoms with E-state index in [4.69, 9.17) is 0 Å². The lowest BCUT2D eigenvalue weighted by molar-refractivity contribution is 0.591. The van der Waals surface area contributed by atoms with Crippen molar-refractivity contribution in [2.75, 3.05) is 5.75 Å². The maximum atomic E-state index is 11.5. The molecule has 0 spiro atoms. The summed E-state index contributed by atoms with van der Waals surface area (Å²) in [4.78, 5) is 9.21. The summed E-state index contributed by atoms with van der Waals surface area (Å²) >= 11 is 1.37. The average Bonchev–Trinajstić information content (AvgIpc) is 2.81. The van der Waals surface area contributed by atoms with Gasteiger partial charge < -0.3 is 0 Å². The van der Waals surface area contributed by atoms with Gasteiger partial charge in [0.25, 0.3) is 0 Å². The van der Waals surface area contributed by atoms with Gasteiger partial charge in [-0.1, -0.05) is 0 Å². The predicted molar refractivity (Wildman–Crippen MR) is 58.7 cm³/mol. The molecule has 1 aliphatic rings. The molecule has 0 saturated heterocycles. The Kier molecular flexibility index (Phi) is 2.08. The highest BCUT2D eigenvalue weighted by molar-refractivity contribution is 7.90. The van der Waals surface area contributed by atoms with E-state index >= 15 is 0 Å². The first-order valence-corrected chi connectivity index (χ1v) is 7.32. The average molecular weight is 256 g/mol. The first-order valence-electron chi connectivity index (χ1n) is 4.69. The largest absolute Gasteiger partial charge is 0.257 e. The summed E-state index contributed by atoms with van der Waals surface area (Å²) < 4.78 is 22.9. The topological polar surface area (TPSA) is 88.6 Å². The Labute approximate surface area is 95.7 Å². The van der Waals surface area contributed by atoms with Gasteiger partial charge in [0.05, 0.1) is 17.2 Å². The Hall–Kier alpha value is -1.28. The van der Waals surface area contributed by atoms with Gasteiger partial charge in [-0.2, -0.15) is 5.10 Å². The lowest BCUT2D eigenvalue weighted by atomic mass is 10.3. The van der Waals surface area contributed by atoms with Crippen LogP contribution in [0.25, 0.3) is 10.8 Å². The zero-order chi connectivity index (χ0) is 11.2. The van der Waals surface area contributed by atoms with Gasteiger partial charge in [0, 0.05) is 11.3 Å². The van der Waals surface area contributed by atoms with Crippen molar-refractivity contribution in [2.24, 2.45) is 0 Å². The molecule has 0 aliphatic carbocycles. The van der Waals surface area contributed by atoms with E-state index in [9.17, 15) is 8.42 Å². The van der Waals surface area contributed by atoms with Gasteiger partial charge in [-0.25, -0.2) is 18.4 Å². The van der Waals surface area contributed by atoms with Crippen LogP contribution in [0.15, 0.2) is 6.33 Å². The molecule has 0 aromatic carbocycles. The fourth-order valence-corrected chi connectivity index (χ4v) is 4.46. The van der Waals surface area contributed by atoms with Crippen molar-refractivity contribution in [3.63, 3.8) is 0 Å². The van der Waals surface area contributed by atoms with Gasteiger partial charge in [0.15, 0.2) is 20.7 Å². The Morgan fingerprint density at radius 2 is 2.31 bits per heavy atom. The molecule has 1 N–H and O–H groups in total. The summed E-state index contributed by atoms with van der Waals surface area (Å²) in [7, 11) is -2.93. The number of aromatic nitrogens is 4. The van der Waals surface area contributed by atoms with Crippen molar-refractivity contribution in [2.45, 2.75) is 12.2 Å². The number of rotatable bonds is 1. The van der Waals surface area contributed by atoms with Crippen LogP contribution in [0.4, 0.5) is 0 Å². The number of aryl methyl sites for hydroxylation is 1. The van der Waals surface area contributed by atoms with Crippen molar-refractivity contribution in [3.8, 4) is 10.8 Å². The Balaban J connectivity index is 2.05. The third-order valence-corrected chi connectivity index (χ3v) is 5.24. The Morgan fingerprint density at radius 1 is 1.44 bits per heavy atom. The Bertz CT molecular complexity index is 615. The minimum Gasteiger partial charge on any atom is -0.257 e. The van der Waals surface area contributed by atoms with Gasteiger partial charge >= 0.3 is 0 Å². The molecule has 3 heterocycles. The van der Waals surface area contributed by atoms with Gasteiger partial charge in [0.2, 0.25) is 0 Å². The van der Waals surface area contributed by atoms with Crippen LogP contribution >= 0.6 is 11.3 Å². The predicted octanol–water partition coefficient (Wildman–Crippen LogP) is 0.399. The van der Waals surface area contributed by atoms with E-state index in [0.717, 1.165) is 10.6 Å². The number of nitrogens with one attached hydrogen (secondary N) is 1. The molecule has 84 valence electrons. The number of hydrogen-bond acceptors (Lipinski definition) is 6. The molecule has 0 unspecified atom stereocenters. The second-order valence-electron chi connectivity index (χ2n) is 3.56. The van der Waals surface area contributed by atoms with Crippen molar-refractivity contribution in [3.05, 3.63) is 16.9 Å². The molecular formula is C8H8N4O2S2. The summed E-state index contributed by atoms with van der Waals surface area (Å²) in [5, 5.41) is 7.17.